The van der Waals surface area contributed by atoms with E-state index in [2.05, 4.69) is 34.2 Å². The first-order valence-corrected chi connectivity index (χ1v) is 11.8. The molecule has 0 saturated carbocycles. The second-order valence-corrected chi connectivity index (χ2v) is 8.45. The predicted octanol–water partition coefficient (Wildman–Crippen LogP) is 4.19. The highest BCUT2D eigenvalue weighted by Gasteiger charge is 2.31. The van der Waals surface area contributed by atoms with Crippen molar-refractivity contribution in [3.8, 4) is 11.5 Å². The van der Waals surface area contributed by atoms with Crippen molar-refractivity contribution in [3.05, 3.63) is 134 Å². The molecule has 0 radical (unpaired) electrons. The van der Waals surface area contributed by atoms with Crippen molar-refractivity contribution >= 4 is 55.9 Å². The summed E-state index contributed by atoms with van der Waals surface area (Å²) < 4.78 is 0. The molecule has 0 amide bonds. The molecular formula is C24H16N8O15. The number of aromatic nitrogens is 2. The number of phenolic OH excluding ortho intramolecular Hbond substituents is 2. The average molecular weight is 656 g/mol. The Labute approximate surface area is 256 Å². The van der Waals surface area contributed by atoms with Gasteiger partial charge >= 0.3 is 22.7 Å². The first-order valence-electron chi connectivity index (χ1n) is 11.8. The smallest absolute Gasteiger partial charge is 0.324 e. The zero-order valence-corrected chi connectivity index (χ0v) is 22.8. The van der Waals surface area contributed by atoms with Crippen LogP contribution in [-0.4, -0.2) is 55.2 Å². The summed E-state index contributed by atoms with van der Waals surface area (Å²) in [4.78, 5) is 64.1. The van der Waals surface area contributed by atoms with Gasteiger partial charge in [-0.1, -0.05) is 12.1 Å². The standard InChI is InChI=1S/C12H8N2.2C6H3N3O7.H2O/c1-3-9-7-12-10(4-2-6-14-12)8-11(9)13-5-1;2*10-6-4(8(13)14)1-3(7(11)12)2-5(6)9(15)16;/h1-8H;2*1-2,10H;1H2. The summed E-state index contributed by atoms with van der Waals surface area (Å²) in [5.74, 6) is -2.42. The molecule has 242 valence electrons. The Hall–Kier alpha value is -7.56. The van der Waals surface area contributed by atoms with E-state index in [0.717, 1.165) is 21.8 Å². The number of non-ortho nitro benzene ring substituents is 2. The van der Waals surface area contributed by atoms with Gasteiger partial charge in [-0.2, -0.15) is 0 Å². The Bertz CT molecular complexity index is 1810. The lowest BCUT2D eigenvalue weighted by Gasteiger charge is -1.99. The summed E-state index contributed by atoms with van der Waals surface area (Å²) in [5, 5.41) is 82.7. The van der Waals surface area contributed by atoms with Crippen LogP contribution in [0.15, 0.2) is 73.1 Å². The third kappa shape index (κ3) is 8.30. The molecular weight excluding hydrogens is 640 g/mol. The van der Waals surface area contributed by atoms with Crippen LogP contribution >= 0.6 is 0 Å². The quantitative estimate of drug-likeness (QED) is 0.147. The van der Waals surface area contributed by atoms with Crippen LogP contribution in [0.25, 0.3) is 21.8 Å². The van der Waals surface area contributed by atoms with E-state index in [1.54, 1.807) is 0 Å². The molecule has 2 aromatic heterocycles. The van der Waals surface area contributed by atoms with Crippen LogP contribution in [0, 0.1) is 60.7 Å². The van der Waals surface area contributed by atoms with Crippen LogP contribution in [-0.2, 0) is 0 Å². The molecule has 4 N–H and O–H groups in total. The van der Waals surface area contributed by atoms with Gasteiger partial charge in [0.25, 0.3) is 22.9 Å². The summed E-state index contributed by atoms with van der Waals surface area (Å²) in [6.07, 6.45) is 3.62. The van der Waals surface area contributed by atoms with Gasteiger partial charge in [0.05, 0.1) is 64.8 Å². The van der Waals surface area contributed by atoms with Crippen LogP contribution in [0.2, 0.25) is 0 Å². The van der Waals surface area contributed by atoms with Crippen molar-refractivity contribution in [2.24, 2.45) is 0 Å². The average Bonchev–Trinajstić information content (AvgIpc) is 3.00. The summed E-state index contributed by atoms with van der Waals surface area (Å²) >= 11 is 0. The second kappa shape index (κ2) is 14.8. The zero-order valence-electron chi connectivity index (χ0n) is 22.8. The first kappa shape index (κ1) is 35.6. The van der Waals surface area contributed by atoms with Gasteiger partial charge in [-0.05, 0) is 24.3 Å². The normalized spacial score (nSPS) is 9.87. The van der Waals surface area contributed by atoms with E-state index < -0.39 is 75.2 Å². The van der Waals surface area contributed by atoms with Crippen LogP contribution in [0.5, 0.6) is 11.5 Å². The highest BCUT2D eigenvalue weighted by Crippen LogP contribution is 2.40. The number of fused-ring (bicyclic) bond motifs is 2. The highest BCUT2D eigenvalue weighted by molar-refractivity contribution is 5.94. The molecule has 3 aromatic carbocycles. The van der Waals surface area contributed by atoms with Gasteiger partial charge in [0, 0.05) is 23.2 Å². The number of nitro groups is 6. The van der Waals surface area contributed by atoms with Crippen LogP contribution in [0.1, 0.15) is 0 Å². The molecule has 2 heterocycles. The molecule has 0 aliphatic rings. The van der Waals surface area contributed by atoms with Gasteiger partial charge in [0.2, 0.25) is 0 Å². The van der Waals surface area contributed by atoms with Gasteiger partial charge in [0.1, 0.15) is 0 Å². The highest BCUT2D eigenvalue weighted by atomic mass is 16.7. The molecule has 47 heavy (non-hydrogen) atoms. The molecule has 5 aromatic rings. The molecule has 0 fully saturated rings. The molecule has 0 aliphatic heterocycles. The first-order chi connectivity index (χ1) is 21.6. The van der Waals surface area contributed by atoms with Crippen molar-refractivity contribution in [1.82, 2.24) is 9.97 Å². The van der Waals surface area contributed by atoms with Crippen molar-refractivity contribution in [2.45, 2.75) is 0 Å². The number of benzene rings is 3. The fourth-order valence-corrected chi connectivity index (χ4v) is 3.59. The van der Waals surface area contributed by atoms with E-state index in [-0.39, 0.29) is 5.48 Å². The number of nitro benzene ring substituents is 6. The SMILES string of the molecule is O.O=[N+]([O-])c1cc([N+](=O)[O-])c(O)c([N+](=O)[O-])c1.O=[N+]([O-])c1cc([N+](=O)[O-])c(O)c([N+](=O)[O-])c1.c1cnc2cc3cccnc3cc2c1. The Morgan fingerprint density at radius 3 is 0.979 bits per heavy atom. The maximum atomic E-state index is 10.4. The van der Waals surface area contributed by atoms with Crippen LogP contribution in [0.3, 0.4) is 0 Å². The van der Waals surface area contributed by atoms with Crippen LogP contribution < -0.4 is 0 Å². The molecule has 0 spiro atoms. The van der Waals surface area contributed by atoms with Crippen molar-refractivity contribution < 1.29 is 45.2 Å². The molecule has 0 saturated heterocycles. The Morgan fingerprint density at radius 1 is 0.468 bits per heavy atom. The maximum Gasteiger partial charge on any atom is 0.324 e. The van der Waals surface area contributed by atoms with Crippen molar-refractivity contribution in [1.29, 1.82) is 0 Å². The number of hydrogen-bond donors (Lipinski definition) is 2. The maximum absolute atomic E-state index is 10.4. The molecule has 5 rings (SSSR count). The van der Waals surface area contributed by atoms with Gasteiger partial charge in [-0.3, -0.25) is 70.7 Å². The van der Waals surface area contributed by atoms with E-state index in [0.29, 0.717) is 24.3 Å². The molecule has 0 aliphatic carbocycles. The minimum atomic E-state index is -1.21. The number of rotatable bonds is 6. The number of phenols is 2. The van der Waals surface area contributed by atoms with Gasteiger partial charge in [-0.15, -0.1) is 0 Å². The van der Waals surface area contributed by atoms with E-state index >= 15 is 0 Å². The molecule has 0 bridgehead atoms. The Morgan fingerprint density at radius 2 is 0.745 bits per heavy atom. The number of hydrogen-bond acceptors (Lipinski definition) is 16. The van der Waals surface area contributed by atoms with E-state index in [1.807, 2.05) is 24.5 Å². The third-order valence-electron chi connectivity index (χ3n) is 5.64. The minimum Gasteiger partial charge on any atom is -0.497 e. The molecule has 0 atom stereocenters. The third-order valence-corrected chi connectivity index (χ3v) is 5.64. The summed E-state index contributed by atoms with van der Waals surface area (Å²) in [6, 6.07) is 13.9. The number of pyridine rings is 2. The lowest BCUT2D eigenvalue weighted by atomic mass is 10.1. The van der Waals surface area contributed by atoms with E-state index in [1.165, 1.54) is 0 Å². The van der Waals surface area contributed by atoms with Crippen LogP contribution in [0.4, 0.5) is 34.1 Å². The lowest BCUT2D eigenvalue weighted by Crippen LogP contribution is -1.97. The summed E-state index contributed by atoms with van der Waals surface area (Å²) in [5.41, 5.74) is -3.96. The molecule has 0 unspecified atom stereocenters. The second-order valence-electron chi connectivity index (χ2n) is 8.45. The van der Waals surface area contributed by atoms with E-state index in [4.69, 9.17) is 10.2 Å². The Balaban J connectivity index is 0.000000243. The molecule has 23 nitrogen and oxygen atoms in total. The van der Waals surface area contributed by atoms with Crippen molar-refractivity contribution in [3.63, 3.8) is 0 Å². The summed E-state index contributed by atoms with van der Waals surface area (Å²) in [7, 11) is 0. The van der Waals surface area contributed by atoms with Gasteiger partial charge in [0.15, 0.2) is 0 Å². The number of nitrogens with zero attached hydrogens (tertiary/aromatic N) is 8. The van der Waals surface area contributed by atoms with E-state index in [9.17, 15) is 60.7 Å². The topological polar surface area (TPSA) is 357 Å². The predicted molar refractivity (Wildman–Crippen MR) is 157 cm³/mol. The fourth-order valence-electron chi connectivity index (χ4n) is 3.59. The molecule has 23 heteroatoms. The fraction of sp³-hybridized carbons (Fsp3) is 0. The lowest BCUT2D eigenvalue weighted by molar-refractivity contribution is -0.404. The zero-order chi connectivity index (χ0) is 34.3. The largest absolute Gasteiger partial charge is 0.497 e. The van der Waals surface area contributed by atoms with Gasteiger partial charge in [-0.25, -0.2) is 0 Å². The monoisotopic (exact) mass is 656 g/mol. The van der Waals surface area contributed by atoms with Crippen molar-refractivity contribution in [2.75, 3.05) is 0 Å². The Kier molecular flexibility index (Phi) is 11.2. The minimum absolute atomic E-state index is 0. The van der Waals surface area contributed by atoms with Gasteiger partial charge < -0.3 is 15.7 Å². The number of aromatic hydroxyl groups is 2. The summed E-state index contributed by atoms with van der Waals surface area (Å²) in [6.45, 7) is 0.